The van der Waals surface area contributed by atoms with E-state index in [1.165, 1.54) is 12.1 Å². The van der Waals surface area contributed by atoms with Crippen molar-refractivity contribution in [3.63, 3.8) is 0 Å². The highest BCUT2D eigenvalue weighted by Gasteiger charge is 2.43. The smallest absolute Gasteiger partial charge is 0.402 e. The van der Waals surface area contributed by atoms with Gasteiger partial charge in [-0.05, 0) is 62.6 Å². The molecule has 148 valence electrons. The van der Waals surface area contributed by atoms with E-state index in [-0.39, 0.29) is 11.8 Å². The first-order chi connectivity index (χ1) is 13.0. The van der Waals surface area contributed by atoms with Gasteiger partial charge in [-0.15, -0.1) is 0 Å². The Hall–Kier alpha value is -2.52. The first-order valence-electron chi connectivity index (χ1n) is 8.73. The van der Waals surface area contributed by atoms with Crippen molar-refractivity contribution in [2.24, 2.45) is 0 Å². The Morgan fingerprint density at radius 2 is 1.71 bits per heavy atom. The van der Waals surface area contributed by atoms with Gasteiger partial charge in [0.25, 0.3) is 0 Å². The lowest BCUT2D eigenvalue weighted by Crippen LogP contribution is -2.35. The van der Waals surface area contributed by atoms with E-state index in [1.54, 1.807) is 18.2 Å². The predicted octanol–water partition coefficient (Wildman–Crippen LogP) is 4.26. The molecule has 0 aromatic heterocycles. The Kier molecular flexibility index (Phi) is 5.40. The van der Waals surface area contributed by atoms with Gasteiger partial charge in [0.1, 0.15) is 0 Å². The molecular formula is C19H20BF3N2O3. The van der Waals surface area contributed by atoms with Gasteiger partial charge in [-0.25, -0.2) is 4.79 Å². The fourth-order valence-electron chi connectivity index (χ4n) is 2.69. The molecule has 0 spiro atoms. The zero-order chi connectivity index (χ0) is 20.5. The summed E-state index contributed by atoms with van der Waals surface area (Å²) in [6, 6.07) is 10.7. The van der Waals surface area contributed by atoms with Crippen molar-refractivity contribution in [3.05, 3.63) is 54.1 Å². The Labute approximate surface area is 161 Å². The fourth-order valence-corrected chi connectivity index (χ4v) is 2.69. The molecule has 0 aliphatic carbocycles. The number of alkyl halides is 3. The highest BCUT2D eigenvalue weighted by Crippen LogP contribution is 2.30. The number of carbonyl (C=O) groups is 1. The number of urea groups is 1. The molecule has 0 radical (unpaired) electrons. The average molecular weight is 392 g/mol. The predicted molar refractivity (Wildman–Crippen MR) is 102 cm³/mol. The van der Waals surface area contributed by atoms with Gasteiger partial charge in [0.05, 0.1) is 17.3 Å². The van der Waals surface area contributed by atoms with Crippen molar-refractivity contribution in [1.82, 2.24) is 0 Å². The first-order valence-corrected chi connectivity index (χ1v) is 8.73. The minimum Gasteiger partial charge on any atom is -0.402 e. The maximum Gasteiger partial charge on any atom is 0.494 e. The van der Waals surface area contributed by atoms with Gasteiger partial charge >= 0.3 is 19.3 Å². The molecule has 1 aliphatic heterocycles. The van der Waals surface area contributed by atoms with Crippen LogP contribution in [0.4, 0.5) is 29.3 Å². The standard InChI is InChI=1S/C19H20BF3N2O3/c1-12-18(2,3)28-20(27-12)14-5-4-6-16(11-14)25-17(26)24-15-9-7-13(8-10-15)19(21,22)23/h4-12H,1-3H3,(H2,24,25,26). The fraction of sp³-hybridized carbons (Fsp3) is 0.316. The third-order valence-corrected chi connectivity index (χ3v) is 4.60. The number of anilines is 2. The molecule has 1 fully saturated rings. The van der Waals surface area contributed by atoms with Crippen LogP contribution in [0.25, 0.3) is 0 Å². The molecule has 1 unspecified atom stereocenters. The molecule has 0 saturated carbocycles. The minimum absolute atomic E-state index is 0.0860. The maximum atomic E-state index is 12.6. The highest BCUT2D eigenvalue weighted by molar-refractivity contribution is 6.62. The van der Waals surface area contributed by atoms with Crippen LogP contribution >= 0.6 is 0 Å². The van der Waals surface area contributed by atoms with Gasteiger partial charge in [-0.2, -0.15) is 13.2 Å². The second-order valence-electron chi connectivity index (χ2n) is 7.11. The maximum absolute atomic E-state index is 12.6. The van der Waals surface area contributed by atoms with Gasteiger partial charge in [0.15, 0.2) is 0 Å². The van der Waals surface area contributed by atoms with Gasteiger partial charge < -0.3 is 19.9 Å². The number of hydrogen-bond acceptors (Lipinski definition) is 3. The summed E-state index contributed by atoms with van der Waals surface area (Å²) in [5.74, 6) is 0. The summed E-state index contributed by atoms with van der Waals surface area (Å²) in [5, 5.41) is 5.15. The van der Waals surface area contributed by atoms with Crippen molar-refractivity contribution in [2.45, 2.75) is 38.7 Å². The van der Waals surface area contributed by atoms with Crippen molar-refractivity contribution in [1.29, 1.82) is 0 Å². The number of benzene rings is 2. The summed E-state index contributed by atoms with van der Waals surface area (Å²) in [7, 11) is -0.537. The highest BCUT2D eigenvalue weighted by atomic mass is 19.4. The van der Waals surface area contributed by atoms with Crippen molar-refractivity contribution in [2.75, 3.05) is 10.6 Å². The normalized spacial score (nSPS) is 18.8. The van der Waals surface area contributed by atoms with Crippen molar-refractivity contribution >= 4 is 30.0 Å². The monoisotopic (exact) mass is 392 g/mol. The van der Waals surface area contributed by atoms with Gasteiger partial charge in [0, 0.05) is 11.4 Å². The quantitative estimate of drug-likeness (QED) is 0.768. The number of amides is 2. The Morgan fingerprint density at radius 3 is 2.29 bits per heavy atom. The summed E-state index contributed by atoms with van der Waals surface area (Å²) >= 11 is 0. The topological polar surface area (TPSA) is 59.6 Å². The molecule has 9 heteroatoms. The molecule has 1 atom stereocenters. The number of hydrogen-bond donors (Lipinski definition) is 2. The van der Waals surface area contributed by atoms with E-state index in [1.807, 2.05) is 26.8 Å². The molecule has 2 aromatic carbocycles. The Balaban J connectivity index is 1.63. The third kappa shape index (κ3) is 4.66. The van der Waals surface area contributed by atoms with Gasteiger partial charge in [0.2, 0.25) is 0 Å². The second kappa shape index (κ2) is 7.48. The summed E-state index contributed by atoms with van der Waals surface area (Å²) < 4.78 is 49.5. The molecule has 2 aromatic rings. The van der Waals surface area contributed by atoms with E-state index < -0.39 is 30.5 Å². The number of nitrogens with one attached hydrogen (secondary N) is 2. The van der Waals surface area contributed by atoms with Crippen LogP contribution < -0.4 is 16.1 Å². The molecule has 28 heavy (non-hydrogen) atoms. The molecule has 3 rings (SSSR count). The summed E-state index contributed by atoms with van der Waals surface area (Å²) in [4.78, 5) is 12.1. The van der Waals surface area contributed by atoms with Crippen LogP contribution in [0.1, 0.15) is 26.3 Å². The average Bonchev–Trinajstić information content (AvgIpc) is 2.88. The molecule has 2 N–H and O–H groups in total. The largest absolute Gasteiger partial charge is 0.494 e. The summed E-state index contributed by atoms with van der Waals surface area (Å²) in [6.07, 6.45) is -4.51. The van der Waals surface area contributed by atoms with Crippen molar-refractivity contribution in [3.8, 4) is 0 Å². The van der Waals surface area contributed by atoms with E-state index in [0.717, 1.165) is 17.6 Å². The second-order valence-corrected chi connectivity index (χ2v) is 7.11. The van der Waals surface area contributed by atoms with E-state index in [9.17, 15) is 18.0 Å². The van der Waals surface area contributed by atoms with E-state index in [0.29, 0.717) is 5.69 Å². The Morgan fingerprint density at radius 1 is 1.07 bits per heavy atom. The first kappa shape index (κ1) is 20.2. The van der Waals surface area contributed by atoms with Crippen LogP contribution in [0.2, 0.25) is 0 Å². The molecule has 5 nitrogen and oxygen atoms in total. The number of halogens is 3. The molecule has 1 saturated heterocycles. The Bertz CT molecular complexity index is 856. The van der Waals surface area contributed by atoms with Gasteiger partial charge in [-0.1, -0.05) is 12.1 Å². The van der Waals surface area contributed by atoms with E-state index in [2.05, 4.69) is 10.6 Å². The SMILES string of the molecule is CC1OB(c2cccc(NC(=O)Nc3ccc(C(F)(F)F)cc3)c2)OC1(C)C. The van der Waals surface area contributed by atoms with Crippen LogP contribution in [0, 0.1) is 0 Å². The lowest BCUT2D eigenvalue weighted by molar-refractivity contribution is -0.137. The molecular weight excluding hydrogens is 372 g/mol. The lowest BCUT2D eigenvalue weighted by Gasteiger charge is -2.21. The minimum atomic E-state index is -4.42. The van der Waals surface area contributed by atoms with Gasteiger partial charge in [-0.3, -0.25) is 0 Å². The lowest BCUT2D eigenvalue weighted by atomic mass is 9.79. The number of rotatable bonds is 3. The molecule has 2 amide bonds. The molecule has 0 bridgehead atoms. The number of carbonyl (C=O) groups excluding carboxylic acids is 1. The molecule has 1 aliphatic rings. The third-order valence-electron chi connectivity index (χ3n) is 4.60. The van der Waals surface area contributed by atoms with E-state index in [4.69, 9.17) is 9.31 Å². The zero-order valence-corrected chi connectivity index (χ0v) is 15.6. The van der Waals surface area contributed by atoms with Crippen LogP contribution in [0.3, 0.4) is 0 Å². The van der Waals surface area contributed by atoms with Crippen LogP contribution in [0.15, 0.2) is 48.5 Å². The summed E-state index contributed by atoms with van der Waals surface area (Å²) in [6.45, 7) is 5.81. The van der Waals surface area contributed by atoms with E-state index >= 15 is 0 Å². The van der Waals surface area contributed by atoms with Crippen LogP contribution in [0.5, 0.6) is 0 Å². The van der Waals surface area contributed by atoms with Crippen molar-refractivity contribution < 1.29 is 27.3 Å². The van der Waals surface area contributed by atoms with Crippen LogP contribution in [-0.4, -0.2) is 24.9 Å². The molecule has 1 heterocycles. The zero-order valence-electron chi connectivity index (χ0n) is 15.6. The van der Waals surface area contributed by atoms with Crippen LogP contribution in [-0.2, 0) is 15.5 Å². The summed E-state index contributed by atoms with van der Waals surface area (Å²) in [5.41, 5.74) is 0.310.